The third-order valence-electron chi connectivity index (χ3n) is 2.87. The number of carbonyl (C=O) groups is 1. The Balaban J connectivity index is 0. The van der Waals surface area contributed by atoms with E-state index in [-0.39, 0.29) is 7.33 Å². The van der Waals surface area contributed by atoms with E-state index in [1.807, 2.05) is 30.3 Å². The first kappa shape index (κ1) is 17.9. The van der Waals surface area contributed by atoms with Crippen LogP contribution in [0.25, 0.3) is 0 Å². The topological polar surface area (TPSA) is 69.1 Å². The van der Waals surface area contributed by atoms with E-state index in [4.69, 9.17) is 11.5 Å². The van der Waals surface area contributed by atoms with Gasteiger partial charge in [0.25, 0.3) is 0 Å². The zero-order valence-corrected chi connectivity index (χ0v) is 12.4. The Bertz CT molecular complexity index is 330. The van der Waals surface area contributed by atoms with E-state index in [0.717, 1.165) is 5.56 Å². The first-order valence-electron chi connectivity index (χ1n) is 6.64. The van der Waals surface area contributed by atoms with Gasteiger partial charge in [0.05, 0.1) is 6.42 Å². The van der Waals surface area contributed by atoms with Crippen LogP contribution in [0.1, 0.15) is 39.1 Å². The fourth-order valence-corrected chi connectivity index (χ4v) is 1.93. The molecule has 1 aliphatic carbocycles. The van der Waals surface area contributed by atoms with Gasteiger partial charge < -0.3 is 11.5 Å². The van der Waals surface area contributed by atoms with Gasteiger partial charge in [-0.25, -0.2) is 0 Å². The molecule has 0 bridgehead atoms. The highest BCUT2D eigenvalue weighted by molar-refractivity contribution is 6.15. The highest BCUT2D eigenvalue weighted by Gasteiger charge is 2.06. The molecule has 1 amide bonds. The number of halogens is 1. The molecule has 3 nitrogen and oxygen atoms in total. The molecule has 2 rings (SSSR count). The normalized spacial score (nSPS) is 14.5. The molecule has 1 aromatic carbocycles. The summed E-state index contributed by atoms with van der Waals surface area (Å²) < 4.78 is 0. The predicted octanol–water partition coefficient (Wildman–Crippen LogP) is 3.09. The monoisotopic (exact) mass is 286 g/mol. The Morgan fingerprint density at radius 2 is 1.74 bits per heavy atom. The van der Waals surface area contributed by atoms with Gasteiger partial charge in [0, 0.05) is 13.9 Å². The Morgan fingerprint density at radius 3 is 2.11 bits per heavy atom. The molecule has 0 heterocycles. The van der Waals surface area contributed by atoms with Gasteiger partial charge in [-0.2, -0.15) is 0 Å². The van der Waals surface area contributed by atoms with Gasteiger partial charge in [0.1, 0.15) is 0 Å². The van der Waals surface area contributed by atoms with Crippen LogP contribution in [0.5, 0.6) is 0 Å². The smallest absolute Gasteiger partial charge is 0.221 e. The van der Waals surface area contributed by atoms with Crippen LogP contribution in [0.2, 0.25) is 0 Å². The van der Waals surface area contributed by atoms with Gasteiger partial charge in [0.2, 0.25) is 5.91 Å². The van der Waals surface area contributed by atoms with Crippen LogP contribution in [0.15, 0.2) is 30.3 Å². The Morgan fingerprint density at radius 1 is 1.21 bits per heavy atom. The van der Waals surface area contributed by atoms with E-state index >= 15 is 0 Å². The van der Waals surface area contributed by atoms with Crippen molar-refractivity contribution in [1.82, 2.24) is 0 Å². The molecule has 0 aromatic heterocycles. The summed E-state index contributed by atoms with van der Waals surface area (Å²) in [4.78, 5) is 10.4. The van der Waals surface area contributed by atoms with Gasteiger partial charge >= 0.3 is 0 Å². The summed E-state index contributed by atoms with van der Waals surface area (Å²) in [6.45, 7) is 0. The lowest BCUT2D eigenvalue weighted by Crippen LogP contribution is -2.22. The van der Waals surface area contributed by atoms with Crippen molar-refractivity contribution in [3.8, 4) is 0 Å². The fraction of sp³-hybridized carbons (Fsp3) is 0.533. The maximum absolute atomic E-state index is 10.4. The van der Waals surface area contributed by atoms with Gasteiger partial charge in [-0.05, 0) is 18.4 Å². The van der Waals surface area contributed by atoms with Gasteiger partial charge in [-0.3, -0.25) is 4.79 Å². The second kappa shape index (κ2) is 12.0. The molecular formula is C15H27ClN2O. The second-order valence-electron chi connectivity index (χ2n) is 4.53. The first-order chi connectivity index (χ1) is 9.18. The van der Waals surface area contributed by atoms with Crippen LogP contribution >= 0.6 is 11.6 Å². The summed E-state index contributed by atoms with van der Waals surface area (Å²) in [5.74, 6) is -0.286. The lowest BCUT2D eigenvalue weighted by atomic mass is 9.97. The average molecular weight is 287 g/mol. The number of primary amides is 1. The summed E-state index contributed by atoms with van der Waals surface area (Å²) in [5, 5.41) is 0. The van der Waals surface area contributed by atoms with Crippen molar-refractivity contribution in [1.29, 1.82) is 0 Å². The standard InChI is InChI=1S/C8H9NO.C6H13N.CH3Cl.H2/c9-8(10)6-7-4-2-1-3-5-7;7-6-4-2-1-3-5-6;1-2;/h1-5H,6H2,(H2,9,10);6H,1-5,7H2;1H3;1H. The van der Waals surface area contributed by atoms with E-state index < -0.39 is 0 Å². The Labute approximate surface area is 122 Å². The van der Waals surface area contributed by atoms with Crippen molar-refractivity contribution in [3.63, 3.8) is 0 Å². The molecule has 110 valence electrons. The summed E-state index contributed by atoms with van der Waals surface area (Å²) in [5.41, 5.74) is 11.6. The summed E-state index contributed by atoms with van der Waals surface area (Å²) in [6.07, 6.45) is 8.47. The number of amides is 1. The average Bonchev–Trinajstić information content (AvgIpc) is 2.43. The van der Waals surface area contributed by atoms with Crippen molar-refractivity contribution < 1.29 is 6.22 Å². The Kier molecular flexibility index (Phi) is 11.3. The van der Waals surface area contributed by atoms with Crippen LogP contribution in [-0.2, 0) is 11.2 Å². The minimum absolute atomic E-state index is 0. The molecule has 1 saturated carbocycles. The molecule has 1 aliphatic rings. The van der Waals surface area contributed by atoms with Crippen LogP contribution in [-0.4, -0.2) is 18.3 Å². The number of carbonyl (C=O) groups excluding carboxylic acids is 1. The number of hydrogen-bond acceptors (Lipinski definition) is 2. The number of benzene rings is 1. The largest absolute Gasteiger partial charge is 0.369 e. The molecule has 1 aromatic rings. The minimum atomic E-state index is -0.286. The highest BCUT2D eigenvalue weighted by atomic mass is 35.5. The number of nitrogens with two attached hydrogens (primary N) is 2. The first-order valence-corrected chi connectivity index (χ1v) is 7.39. The summed E-state index contributed by atoms with van der Waals surface area (Å²) in [6, 6.07) is 9.98. The molecule has 1 fully saturated rings. The second-order valence-corrected chi connectivity index (χ2v) is 4.53. The van der Waals surface area contributed by atoms with E-state index in [2.05, 4.69) is 11.6 Å². The van der Waals surface area contributed by atoms with Crippen LogP contribution in [0.4, 0.5) is 0 Å². The van der Waals surface area contributed by atoms with Gasteiger partial charge in [-0.15, -0.1) is 11.6 Å². The summed E-state index contributed by atoms with van der Waals surface area (Å²) in [7, 11) is 0. The molecule has 19 heavy (non-hydrogen) atoms. The van der Waals surface area contributed by atoms with Crippen molar-refractivity contribution >= 4 is 17.5 Å². The molecule has 0 atom stereocenters. The lowest BCUT2D eigenvalue weighted by molar-refractivity contribution is -0.117. The summed E-state index contributed by atoms with van der Waals surface area (Å²) >= 11 is 4.64. The molecule has 0 aliphatic heterocycles. The Hall–Kier alpha value is -1.06. The quantitative estimate of drug-likeness (QED) is 0.820. The molecule has 0 spiro atoms. The highest BCUT2D eigenvalue weighted by Crippen LogP contribution is 2.14. The van der Waals surface area contributed by atoms with Crippen LogP contribution in [0, 0.1) is 0 Å². The lowest BCUT2D eigenvalue weighted by Gasteiger charge is -2.15. The van der Waals surface area contributed by atoms with Crippen molar-refractivity contribution in [2.24, 2.45) is 11.5 Å². The fourth-order valence-electron chi connectivity index (χ4n) is 1.93. The van der Waals surface area contributed by atoms with Gasteiger partial charge in [0.15, 0.2) is 0 Å². The maximum atomic E-state index is 10.4. The number of alkyl halides is 1. The molecule has 0 radical (unpaired) electrons. The third-order valence-corrected chi connectivity index (χ3v) is 2.87. The van der Waals surface area contributed by atoms with Crippen molar-refractivity contribution in [2.75, 3.05) is 6.38 Å². The van der Waals surface area contributed by atoms with Crippen LogP contribution in [0.3, 0.4) is 0 Å². The molecule has 0 unspecified atom stereocenters. The maximum Gasteiger partial charge on any atom is 0.221 e. The predicted molar refractivity (Wildman–Crippen MR) is 84.3 cm³/mol. The van der Waals surface area contributed by atoms with Crippen molar-refractivity contribution in [2.45, 2.75) is 44.6 Å². The molecule has 4 N–H and O–H groups in total. The number of rotatable bonds is 2. The van der Waals surface area contributed by atoms with E-state index in [9.17, 15) is 4.79 Å². The van der Waals surface area contributed by atoms with Crippen LogP contribution < -0.4 is 11.5 Å². The van der Waals surface area contributed by atoms with E-state index in [1.54, 1.807) is 0 Å². The molecule has 0 saturated heterocycles. The molecular weight excluding hydrogens is 260 g/mol. The minimum Gasteiger partial charge on any atom is -0.369 e. The van der Waals surface area contributed by atoms with E-state index in [0.29, 0.717) is 12.5 Å². The van der Waals surface area contributed by atoms with E-state index in [1.165, 1.54) is 38.5 Å². The third kappa shape index (κ3) is 10.5. The molecule has 4 heteroatoms. The number of hydrogen-bond donors (Lipinski definition) is 2. The van der Waals surface area contributed by atoms with Gasteiger partial charge in [-0.1, -0.05) is 49.6 Å². The zero-order chi connectivity index (χ0) is 14.5. The SMILES string of the molecule is CCl.NC(=O)Cc1ccccc1.NC1CCCCC1.[HH]. The van der Waals surface area contributed by atoms with Crippen molar-refractivity contribution in [3.05, 3.63) is 35.9 Å². The zero-order valence-electron chi connectivity index (χ0n) is 11.6.